The SMILES string of the molecule is O=CCNC(=O)[C@@H]1CCCN1C(=O)C1CCCCN1. The molecule has 2 N–H and O–H groups in total. The van der Waals surface area contributed by atoms with Crippen LogP contribution in [0.4, 0.5) is 0 Å². The lowest BCUT2D eigenvalue weighted by molar-refractivity contribution is -0.140. The van der Waals surface area contributed by atoms with Crippen LogP contribution in [0.2, 0.25) is 0 Å². The minimum atomic E-state index is -0.406. The molecule has 0 aromatic carbocycles. The van der Waals surface area contributed by atoms with E-state index in [1.54, 1.807) is 4.90 Å². The summed E-state index contributed by atoms with van der Waals surface area (Å²) in [6.45, 7) is 1.52. The van der Waals surface area contributed by atoms with Crippen LogP contribution in [0.15, 0.2) is 0 Å². The van der Waals surface area contributed by atoms with Gasteiger partial charge in [-0.15, -0.1) is 0 Å². The van der Waals surface area contributed by atoms with Gasteiger partial charge in [-0.3, -0.25) is 9.59 Å². The average Bonchev–Trinajstić information content (AvgIpc) is 2.94. The van der Waals surface area contributed by atoms with Gasteiger partial charge in [-0.25, -0.2) is 0 Å². The summed E-state index contributed by atoms with van der Waals surface area (Å²) < 4.78 is 0. The van der Waals surface area contributed by atoms with E-state index in [1.807, 2.05) is 0 Å². The molecule has 2 heterocycles. The Morgan fingerprint density at radius 1 is 1.26 bits per heavy atom. The van der Waals surface area contributed by atoms with Crippen molar-refractivity contribution in [1.29, 1.82) is 0 Å². The molecule has 0 spiro atoms. The molecule has 0 aliphatic carbocycles. The molecular weight excluding hydrogens is 246 g/mol. The lowest BCUT2D eigenvalue weighted by Crippen LogP contribution is -2.53. The van der Waals surface area contributed by atoms with Crippen molar-refractivity contribution in [2.45, 2.75) is 44.2 Å². The number of aldehydes is 1. The maximum absolute atomic E-state index is 12.4. The smallest absolute Gasteiger partial charge is 0.243 e. The van der Waals surface area contributed by atoms with Crippen molar-refractivity contribution in [3.63, 3.8) is 0 Å². The summed E-state index contributed by atoms with van der Waals surface area (Å²) in [5.41, 5.74) is 0. The fourth-order valence-electron chi connectivity index (χ4n) is 2.83. The van der Waals surface area contributed by atoms with Gasteiger partial charge in [0.1, 0.15) is 12.3 Å². The number of nitrogens with one attached hydrogen (secondary N) is 2. The van der Waals surface area contributed by atoms with Crippen LogP contribution >= 0.6 is 0 Å². The maximum atomic E-state index is 12.4. The molecule has 1 unspecified atom stereocenters. The van der Waals surface area contributed by atoms with E-state index in [4.69, 9.17) is 0 Å². The highest BCUT2D eigenvalue weighted by Gasteiger charge is 2.37. The van der Waals surface area contributed by atoms with Crippen LogP contribution in [0.5, 0.6) is 0 Å². The number of piperidine rings is 1. The van der Waals surface area contributed by atoms with Gasteiger partial charge < -0.3 is 20.3 Å². The van der Waals surface area contributed by atoms with Crippen molar-refractivity contribution in [2.75, 3.05) is 19.6 Å². The molecule has 2 rings (SSSR count). The molecule has 2 saturated heterocycles. The van der Waals surface area contributed by atoms with Gasteiger partial charge in [0.15, 0.2) is 0 Å². The van der Waals surface area contributed by atoms with E-state index in [2.05, 4.69) is 10.6 Å². The predicted molar refractivity (Wildman–Crippen MR) is 69.5 cm³/mol. The van der Waals surface area contributed by atoms with E-state index in [0.29, 0.717) is 19.3 Å². The molecule has 0 saturated carbocycles. The highest BCUT2D eigenvalue weighted by Crippen LogP contribution is 2.20. The van der Waals surface area contributed by atoms with Crippen LogP contribution in [0.1, 0.15) is 32.1 Å². The van der Waals surface area contributed by atoms with E-state index < -0.39 is 6.04 Å². The van der Waals surface area contributed by atoms with Gasteiger partial charge in [0.25, 0.3) is 0 Å². The molecule has 0 bridgehead atoms. The third-order valence-corrected chi connectivity index (χ3v) is 3.81. The zero-order chi connectivity index (χ0) is 13.7. The Bertz CT molecular complexity index is 353. The molecule has 2 amide bonds. The highest BCUT2D eigenvalue weighted by molar-refractivity contribution is 5.91. The van der Waals surface area contributed by atoms with Gasteiger partial charge in [-0.2, -0.15) is 0 Å². The number of amides is 2. The molecular formula is C13H21N3O3. The number of carbonyl (C=O) groups is 3. The van der Waals surface area contributed by atoms with Crippen molar-refractivity contribution in [1.82, 2.24) is 15.5 Å². The minimum absolute atomic E-state index is 0.0129. The molecule has 2 atom stereocenters. The van der Waals surface area contributed by atoms with E-state index in [0.717, 1.165) is 32.2 Å². The molecule has 0 radical (unpaired) electrons. The fraction of sp³-hybridized carbons (Fsp3) is 0.769. The number of likely N-dealkylation sites (tertiary alicyclic amines) is 1. The van der Waals surface area contributed by atoms with Crippen LogP contribution in [-0.2, 0) is 14.4 Å². The summed E-state index contributed by atoms with van der Waals surface area (Å²) in [6, 6.07) is -0.551. The second kappa shape index (κ2) is 6.65. The zero-order valence-electron chi connectivity index (χ0n) is 11.1. The Kier molecular flexibility index (Phi) is 4.90. The second-order valence-corrected chi connectivity index (χ2v) is 5.10. The largest absolute Gasteiger partial charge is 0.348 e. The number of hydrogen-bond donors (Lipinski definition) is 2. The summed E-state index contributed by atoms with van der Waals surface area (Å²) in [5.74, 6) is -0.183. The Morgan fingerprint density at radius 2 is 2.11 bits per heavy atom. The number of rotatable bonds is 4. The Hall–Kier alpha value is -1.43. The second-order valence-electron chi connectivity index (χ2n) is 5.10. The minimum Gasteiger partial charge on any atom is -0.348 e. The van der Waals surface area contributed by atoms with Gasteiger partial charge in [0.2, 0.25) is 11.8 Å². The van der Waals surface area contributed by atoms with Crippen LogP contribution in [0.25, 0.3) is 0 Å². The van der Waals surface area contributed by atoms with E-state index in [1.165, 1.54) is 0 Å². The third kappa shape index (κ3) is 3.32. The standard InChI is InChI=1S/C13H21N3O3/c17-9-7-15-12(18)11-5-3-8-16(11)13(19)10-4-1-2-6-14-10/h9-11,14H,1-8H2,(H,15,18)/t10?,11-/m0/s1. The first-order valence-corrected chi connectivity index (χ1v) is 6.99. The van der Waals surface area contributed by atoms with Crippen LogP contribution in [-0.4, -0.2) is 54.7 Å². The topological polar surface area (TPSA) is 78.5 Å². The van der Waals surface area contributed by atoms with E-state index in [-0.39, 0.29) is 24.4 Å². The lowest BCUT2D eigenvalue weighted by atomic mass is 10.0. The quantitative estimate of drug-likeness (QED) is 0.669. The molecule has 2 aliphatic rings. The van der Waals surface area contributed by atoms with Crippen LogP contribution in [0.3, 0.4) is 0 Å². The van der Waals surface area contributed by atoms with Gasteiger partial charge in [0.05, 0.1) is 12.6 Å². The third-order valence-electron chi connectivity index (χ3n) is 3.81. The van der Waals surface area contributed by atoms with Gasteiger partial charge >= 0.3 is 0 Å². The van der Waals surface area contributed by atoms with Gasteiger partial charge in [-0.05, 0) is 32.2 Å². The summed E-state index contributed by atoms with van der Waals surface area (Å²) in [4.78, 5) is 36.3. The van der Waals surface area contributed by atoms with Crippen molar-refractivity contribution in [2.24, 2.45) is 0 Å². The van der Waals surface area contributed by atoms with Crippen molar-refractivity contribution in [3.05, 3.63) is 0 Å². The molecule has 2 fully saturated rings. The molecule has 19 heavy (non-hydrogen) atoms. The average molecular weight is 267 g/mol. The summed E-state index contributed by atoms with van der Waals surface area (Å²) in [7, 11) is 0. The summed E-state index contributed by atoms with van der Waals surface area (Å²) in [5, 5.41) is 5.76. The Labute approximate surface area is 112 Å². The number of hydrogen-bond acceptors (Lipinski definition) is 4. The van der Waals surface area contributed by atoms with Crippen molar-refractivity contribution in [3.8, 4) is 0 Å². The first-order chi connectivity index (χ1) is 9.24. The molecule has 106 valence electrons. The van der Waals surface area contributed by atoms with Crippen LogP contribution in [0, 0.1) is 0 Å². The summed E-state index contributed by atoms with van der Waals surface area (Å²) >= 11 is 0. The molecule has 0 aromatic rings. The van der Waals surface area contributed by atoms with Crippen molar-refractivity contribution >= 4 is 18.1 Å². The Balaban J connectivity index is 1.95. The molecule has 6 nitrogen and oxygen atoms in total. The fourth-order valence-corrected chi connectivity index (χ4v) is 2.83. The molecule has 6 heteroatoms. The number of nitrogens with zero attached hydrogens (tertiary/aromatic N) is 1. The number of carbonyl (C=O) groups excluding carboxylic acids is 3. The first kappa shape index (κ1) is 14.0. The molecule has 0 aromatic heterocycles. The Morgan fingerprint density at radius 3 is 2.79 bits per heavy atom. The first-order valence-electron chi connectivity index (χ1n) is 6.99. The highest BCUT2D eigenvalue weighted by atomic mass is 16.2. The van der Waals surface area contributed by atoms with Crippen molar-refractivity contribution < 1.29 is 14.4 Å². The normalized spacial score (nSPS) is 27.1. The van der Waals surface area contributed by atoms with Gasteiger partial charge in [0, 0.05) is 6.54 Å². The van der Waals surface area contributed by atoms with Crippen LogP contribution < -0.4 is 10.6 Å². The lowest BCUT2D eigenvalue weighted by Gasteiger charge is -2.30. The summed E-state index contributed by atoms with van der Waals surface area (Å²) in [6.07, 6.45) is 5.19. The predicted octanol–water partition coefficient (Wildman–Crippen LogP) is -0.565. The monoisotopic (exact) mass is 267 g/mol. The molecule has 2 aliphatic heterocycles. The van der Waals surface area contributed by atoms with E-state index >= 15 is 0 Å². The zero-order valence-corrected chi connectivity index (χ0v) is 11.1. The van der Waals surface area contributed by atoms with Gasteiger partial charge in [-0.1, -0.05) is 6.42 Å². The van der Waals surface area contributed by atoms with E-state index in [9.17, 15) is 14.4 Å². The maximum Gasteiger partial charge on any atom is 0.243 e.